The lowest BCUT2D eigenvalue weighted by Gasteiger charge is -2.32. The number of carbonyl (C=O) groups is 4. The summed E-state index contributed by atoms with van der Waals surface area (Å²) in [6, 6.07) is 5.08. The second kappa shape index (κ2) is 15.3. The van der Waals surface area contributed by atoms with Crippen molar-refractivity contribution < 1.29 is 23.6 Å². The number of nitrogens with one attached hydrogen (secondary N) is 3. The highest BCUT2D eigenvalue weighted by atomic mass is 19.1. The Morgan fingerprint density at radius 3 is 2.27 bits per heavy atom. The van der Waals surface area contributed by atoms with Gasteiger partial charge in [-0.15, -0.1) is 0 Å². The van der Waals surface area contributed by atoms with Gasteiger partial charge in [0.05, 0.1) is 5.69 Å². The molecule has 1 aliphatic carbocycles. The maximum atomic E-state index is 15.6. The molecule has 0 unspecified atom stereocenters. The number of aromatic nitrogens is 2. The lowest BCUT2D eigenvalue weighted by atomic mass is 9.79. The van der Waals surface area contributed by atoms with Crippen LogP contribution in [0.25, 0.3) is 5.57 Å². The van der Waals surface area contributed by atoms with Crippen molar-refractivity contribution in [2.45, 2.75) is 92.2 Å². The van der Waals surface area contributed by atoms with Gasteiger partial charge in [0.15, 0.2) is 0 Å². The summed E-state index contributed by atoms with van der Waals surface area (Å²) in [5.41, 5.74) is 1.31. The third-order valence-corrected chi connectivity index (χ3v) is 9.25. The van der Waals surface area contributed by atoms with Gasteiger partial charge in [-0.05, 0) is 86.6 Å². The van der Waals surface area contributed by atoms with Crippen LogP contribution in [0.15, 0.2) is 36.2 Å². The summed E-state index contributed by atoms with van der Waals surface area (Å²) in [4.78, 5) is 54.4. The molecule has 4 rings (SSSR count). The highest BCUT2D eigenvalue weighted by Crippen LogP contribution is 2.32. The Morgan fingerprint density at radius 1 is 0.978 bits per heavy atom. The second-order valence-electron chi connectivity index (χ2n) is 12.6. The van der Waals surface area contributed by atoms with E-state index in [0.717, 1.165) is 38.5 Å². The molecule has 2 fully saturated rings. The summed E-state index contributed by atoms with van der Waals surface area (Å²) in [6.45, 7) is 11.3. The van der Waals surface area contributed by atoms with Crippen molar-refractivity contribution in [2.24, 2.45) is 17.8 Å². The monoisotopic (exact) mass is 622 g/mol. The summed E-state index contributed by atoms with van der Waals surface area (Å²) in [6.07, 6.45) is 6.93. The van der Waals surface area contributed by atoms with Gasteiger partial charge in [0.2, 0.25) is 11.8 Å². The summed E-state index contributed by atoms with van der Waals surface area (Å²) >= 11 is 0. The zero-order chi connectivity index (χ0) is 32.7. The highest BCUT2D eigenvalue weighted by Gasteiger charge is 2.34. The Balaban J connectivity index is 1.57. The number of piperidine rings is 1. The van der Waals surface area contributed by atoms with Crippen LogP contribution >= 0.6 is 0 Å². The zero-order valence-electron chi connectivity index (χ0n) is 27.1. The van der Waals surface area contributed by atoms with Crippen molar-refractivity contribution in [3.63, 3.8) is 0 Å². The van der Waals surface area contributed by atoms with E-state index in [9.17, 15) is 19.2 Å². The molecule has 244 valence electrons. The molecule has 1 aliphatic heterocycles. The van der Waals surface area contributed by atoms with Crippen LogP contribution in [0.5, 0.6) is 0 Å². The van der Waals surface area contributed by atoms with Crippen LogP contribution in [0.2, 0.25) is 0 Å². The summed E-state index contributed by atoms with van der Waals surface area (Å²) in [7, 11) is 0. The van der Waals surface area contributed by atoms with Gasteiger partial charge in [0.25, 0.3) is 11.8 Å². The molecule has 45 heavy (non-hydrogen) atoms. The number of nitrogens with zero attached hydrogens (tertiary/aromatic N) is 3. The van der Waals surface area contributed by atoms with E-state index in [0.29, 0.717) is 48.3 Å². The van der Waals surface area contributed by atoms with Crippen molar-refractivity contribution in [2.75, 3.05) is 18.4 Å². The standard InChI is InChI=1S/C34H47FN6O4/c1-6-29(42)38-30(34(45)40-18-15-22(4)16-19-40)23(5)25-12-13-27(26(35)20-25)37-33(44)31(24-10-8-21(3)9-11-24)39-32(43)28-14-17-36-41(28)7-2/h12-14,17,20-22,24,31H,6-11,15-16,18-19H2,1-5H3,(H,37,44)(H,38,42)(H,39,43)/b30-23+/t21-,24-,31-/m0/s1. The second-order valence-corrected chi connectivity index (χ2v) is 12.6. The van der Waals surface area contributed by atoms with Gasteiger partial charge in [-0.3, -0.25) is 23.9 Å². The normalized spacial score (nSPS) is 20.2. The number of benzene rings is 1. The molecule has 0 spiro atoms. The van der Waals surface area contributed by atoms with Gasteiger partial charge in [-0.1, -0.05) is 39.7 Å². The molecule has 10 nitrogen and oxygen atoms in total. The van der Waals surface area contributed by atoms with Crippen molar-refractivity contribution in [1.29, 1.82) is 0 Å². The van der Waals surface area contributed by atoms with Crippen molar-refractivity contribution in [3.05, 3.63) is 53.2 Å². The van der Waals surface area contributed by atoms with E-state index in [2.05, 4.69) is 34.9 Å². The summed E-state index contributed by atoms with van der Waals surface area (Å²) < 4.78 is 17.1. The Morgan fingerprint density at radius 2 is 1.64 bits per heavy atom. The Bertz CT molecular complexity index is 1420. The maximum Gasteiger partial charge on any atom is 0.270 e. The lowest BCUT2D eigenvalue weighted by molar-refractivity contribution is -0.130. The van der Waals surface area contributed by atoms with Gasteiger partial charge in [-0.2, -0.15) is 5.10 Å². The predicted molar refractivity (Wildman–Crippen MR) is 171 cm³/mol. The molecule has 2 aliphatic rings. The van der Waals surface area contributed by atoms with Gasteiger partial charge in [-0.25, -0.2) is 4.39 Å². The van der Waals surface area contributed by atoms with Crippen LogP contribution < -0.4 is 16.0 Å². The molecule has 3 N–H and O–H groups in total. The number of amides is 4. The molecule has 1 saturated carbocycles. The molecule has 0 bridgehead atoms. The first-order valence-corrected chi connectivity index (χ1v) is 16.3. The minimum atomic E-state index is -0.855. The van der Waals surface area contributed by atoms with Gasteiger partial charge in [0, 0.05) is 32.3 Å². The minimum Gasteiger partial charge on any atom is -0.339 e. The lowest BCUT2D eigenvalue weighted by Crippen LogP contribution is -2.49. The van der Waals surface area contributed by atoms with Gasteiger partial charge >= 0.3 is 0 Å². The number of anilines is 1. The van der Waals surface area contributed by atoms with Crippen LogP contribution in [-0.2, 0) is 20.9 Å². The minimum absolute atomic E-state index is 0.0333. The van der Waals surface area contributed by atoms with E-state index in [-0.39, 0.29) is 35.5 Å². The van der Waals surface area contributed by atoms with Crippen LogP contribution in [0.1, 0.15) is 95.6 Å². The molecule has 0 radical (unpaired) electrons. The number of allylic oxidation sites excluding steroid dienone is 1. The fourth-order valence-corrected chi connectivity index (χ4v) is 6.12. The average molecular weight is 623 g/mol. The van der Waals surface area contributed by atoms with E-state index >= 15 is 4.39 Å². The SMILES string of the molecule is CCC(=O)N/C(C(=O)N1CCC(C)CC1)=C(\C)c1ccc(NC(=O)[C@@H](NC(=O)c2ccnn2CC)[C@H]2CC[C@H](C)CC2)c(F)c1. The third kappa shape index (κ3) is 8.38. The van der Waals surface area contributed by atoms with Crippen LogP contribution in [0.4, 0.5) is 10.1 Å². The number of aryl methyl sites for hydroxylation is 1. The van der Waals surface area contributed by atoms with Gasteiger partial charge in [0.1, 0.15) is 23.3 Å². The first kappa shape index (κ1) is 33.9. The third-order valence-electron chi connectivity index (χ3n) is 9.25. The first-order chi connectivity index (χ1) is 21.5. The molecule has 2 heterocycles. The van der Waals surface area contributed by atoms with E-state index in [4.69, 9.17) is 0 Å². The molecule has 2 aromatic rings. The molecule has 11 heteroatoms. The summed E-state index contributed by atoms with van der Waals surface area (Å²) in [5, 5.41) is 12.5. The number of halogens is 1. The molecule has 1 saturated heterocycles. The molecule has 4 amide bonds. The van der Waals surface area contributed by atoms with Crippen LogP contribution in [-0.4, -0.2) is 57.4 Å². The molecule has 1 aromatic carbocycles. The van der Waals surface area contributed by atoms with E-state index in [1.165, 1.54) is 12.1 Å². The van der Waals surface area contributed by atoms with E-state index in [1.54, 1.807) is 41.8 Å². The largest absolute Gasteiger partial charge is 0.339 e. The highest BCUT2D eigenvalue weighted by molar-refractivity contribution is 6.04. The van der Waals surface area contributed by atoms with E-state index in [1.807, 2.05) is 6.92 Å². The Hall–Kier alpha value is -4.02. The quantitative estimate of drug-likeness (QED) is 0.317. The molecular weight excluding hydrogens is 575 g/mol. The Kier molecular flexibility index (Phi) is 11.5. The smallest absolute Gasteiger partial charge is 0.270 e. The van der Waals surface area contributed by atoms with Gasteiger partial charge < -0.3 is 20.9 Å². The average Bonchev–Trinajstić information content (AvgIpc) is 3.53. The topological polar surface area (TPSA) is 125 Å². The van der Waals surface area contributed by atoms with Crippen molar-refractivity contribution in [1.82, 2.24) is 25.3 Å². The summed E-state index contributed by atoms with van der Waals surface area (Å²) in [5.74, 6) is -1.20. The number of likely N-dealkylation sites (tertiary alicyclic amines) is 1. The Labute approximate surface area is 265 Å². The van der Waals surface area contributed by atoms with Crippen molar-refractivity contribution >= 4 is 34.9 Å². The number of carbonyl (C=O) groups excluding carboxylic acids is 4. The van der Waals surface area contributed by atoms with Crippen LogP contribution in [0.3, 0.4) is 0 Å². The predicted octanol–water partition coefficient (Wildman–Crippen LogP) is 5.12. The number of hydrogen-bond donors (Lipinski definition) is 3. The van der Waals surface area contributed by atoms with Crippen molar-refractivity contribution in [3.8, 4) is 0 Å². The number of rotatable bonds is 10. The number of hydrogen-bond acceptors (Lipinski definition) is 5. The van der Waals surface area contributed by atoms with E-state index < -0.39 is 23.7 Å². The fourth-order valence-electron chi connectivity index (χ4n) is 6.12. The molecular formula is C34H47FN6O4. The molecule has 1 atom stereocenters. The van der Waals surface area contributed by atoms with Crippen LogP contribution in [0, 0.1) is 23.6 Å². The zero-order valence-corrected chi connectivity index (χ0v) is 27.1. The maximum absolute atomic E-state index is 15.6. The molecule has 1 aromatic heterocycles. The fraction of sp³-hybridized carbons (Fsp3) is 0.559. The first-order valence-electron chi connectivity index (χ1n) is 16.3.